The van der Waals surface area contributed by atoms with Crippen LogP contribution in [0, 0.1) is 0 Å². The molecule has 0 bridgehead atoms. The number of rotatable bonds is 7. The quantitative estimate of drug-likeness (QED) is 0.605. The third-order valence-corrected chi connectivity index (χ3v) is 4.23. The molecular weight excluding hydrogens is 378 g/mol. The third kappa shape index (κ3) is 5.14. The summed E-state index contributed by atoms with van der Waals surface area (Å²) in [7, 11) is 3.19. The molecule has 0 aliphatic heterocycles. The van der Waals surface area contributed by atoms with Crippen LogP contribution in [0.15, 0.2) is 60.8 Å². The molecule has 2 aromatic carbocycles. The van der Waals surface area contributed by atoms with Gasteiger partial charge in [-0.2, -0.15) is 0 Å². The predicted octanol–water partition coefficient (Wildman–Crippen LogP) is 4.68. The van der Waals surface area contributed by atoms with Gasteiger partial charge in [-0.05, 0) is 48.0 Å². The molecule has 0 radical (unpaired) electrons. The van der Waals surface area contributed by atoms with Gasteiger partial charge in [-0.1, -0.05) is 23.7 Å². The van der Waals surface area contributed by atoms with E-state index in [0.717, 1.165) is 11.3 Å². The highest BCUT2D eigenvalue weighted by molar-refractivity contribution is 6.31. The average molecular weight is 398 g/mol. The van der Waals surface area contributed by atoms with Gasteiger partial charge in [0, 0.05) is 5.02 Å². The number of nitrogens with zero attached hydrogens (tertiary/aromatic N) is 1. The molecule has 6 nitrogen and oxygen atoms in total. The largest absolute Gasteiger partial charge is 0.497 e. The fraction of sp³-hybridized carbons (Fsp3) is 0.143. The SMILES string of the molecule is COc1ccc(CC(=O)Nc2ccc(Nc3cc(Cl)ccc3OC)nc2)cc1. The van der Waals surface area contributed by atoms with Crippen molar-refractivity contribution in [2.45, 2.75) is 6.42 Å². The van der Waals surface area contributed by atoms with Gasteiger partial charge in [0.2, 0.25) is 5.91 Å². The number of ether oxygens (including phenoxy) is 2. The number of amides is 1. The number of benzene rings is 2. The number of hydrogen-bond acceptors (Lipinski definition) is 5. The topological polar surface area (TPSA) is 72.5 Å². The zero-order valence-corrected chi connectivity index (χ0v) is 16.3. The summed E-state index contributed by atoms with van der Waals surface area (Å²) in [6, 6.07) is 16.2. The van der Waals surface area contributed by atoms with E-state index in [-0.39, 0.29) is 12.3 Å². The molecule has 2 N–H and O–H groups in total. The maximum atomic E-state index is 12.2. The highest BCUT2D eigenvalue weighted by atomic mass is 35.5. The van der Waals surface area contributed by atoms with Gasteiger partial charge in [-0.3, -0.25) is 4.79 Å². The van der Waals surface area contributed by atoms with Crippen LogP contribution in [0.25, 0.3) is 0 Å². The van der Waals surface area contributed by atoms with Crippen LogP contribution < -0.4 is 20.1 Å². The van der Waals surface area contributed by atoms with Gasteiger partial charge in [-0.25, -0.2) is 4.98 Å². The molecule has 0 unspecified atom stereocenters. The summed E-state index contributed by atoms with van der Waals surface area (Å²) in [6.45, 7) is 0. The second kappa shape index (κ2) is 9.10. The number of anilines is 3. The van der Waals surface area contributed by atoms with Crippen molar-refractivity contribution >= 4 is 34.7 Å². The monoisotopic (exact) mass is 397 g/mol. The summed E-state index contributed by atoms with van der Waals surface area (Å²) in [5, 5.41) is 6.57. The van der Waals surface area contributed by atoms with E-state index < -0.39 is 0 Å². The molecule has 0 fully saturated rings. The smallest absolute Gasteiger partial charge is 0.228 e. The molecule has 0 aliphatic carbocycles. The molecule has 1 amide bonds. The Morgan fingerprint density at radius 1 is 1.04 bits per heavy atom. The van der Waals surface area contributed by atoms with Crippen molar-refractivity contribution in [1.82, 2.24) is 4.98 Å². The van der Waals surface area contributed by atoms with Crippen molar-refractivity contribution in [3.8, 4) is 11.5 Å². The molecule has 3 aromatic rings. The van der Waals surface area contributed by atoms with E-state index in [4.69, 9.17) is 21.1 Å². The number of halogens is 1. The first kappa shape index (κ1) is 19.5. The second-order valence-corrected chi connectivity index (χ2v) is 6.41. The average Bonchev–Trinajstić information content (AvgIpc) is 2.70. The first-order valence-electron chi connectivity index (χ1n) is 8.57. The Morgan fingerprint density at radius 2 is 1.82 bits per heavy atom. The summed E-state index contributed by atoms with van der Waals surface area (Å²) in [5.74, 6) is 1.90. The molecule has 28 heavy (non-hydrogen) atoms. The lowest BCUT2D eigenvalue weighted by Crippen LogP contribution is -2.14. The van der Waals surface area contributed by atoms with Crippen LogP contribution in [-0.2, 0) is 11.2 Å². The van der Waals surface area contributed by atoms with E-state index in [9.17, 15) is 4.79 Å². The molecule has 0 saturated heterocycles. The Bertz CT molecular complexity index is 944. The summed E-state index contributed by atoms with van der Waals surface area (Å²) in [6.07, 6.45) is 1.86. The molecule has 3 rings (SSSR count). The zero-order valence-electron chi connectivity index (χ0n) is 15.5. The van der Waals surface area contributed by atoms with Gasteiger partial charge in [0.1, 0.15) is 17.3 Å². The van der Waals surface area contributed by atoms with Crippen LogP contribution in [0.1, 0.15) is 5.56 Å². The molecule has 1 heterocycles. The Balaban J connectivity index is 1.61. The lowest BCUT2D eigenvalue weighted by atomic mass is 10.1. The van der Waals surface area contributed by atoms with Crippen LogP contribution in [0.5, 0.6) is 11.5 Å². The number of pyridine rings is 1. The summed E-state index contributed by atoms with van der Waals surface area (Å²) in [4.78, 5) is 16.5. The predicted molar refractivity (Wildman–Crippen MR) is 111 cm³/mol. The van der Waals surface area contributed by atoms with E-state index in [2.05, 4.69) is 15.6 Å². The number of nitrogens with one attached hydrogen (secondary N) is 2. The Labute approximate surface area is 168 Å². The van der Waals surface area contributed by atoms with Crippen molar-refractivity contribution < 1.29 is 14.3 Å². The Hall–Kier alpha value is -3.25. The first-order chi connectivity index (χ1) is 13.6. The molecule has 1 aromatic heterocycles. The molecule has 0 spiro atoms. The number of methoxy groups -OCH3 is 2. The van der Waals surface area contributed by atoms with Gasteiger partial charge in [0.05, 0.1) is 38.2 Å². The molecule has 144 valence electrons. The number of carbonyl (C=O) groups excluding carboxylic acids is 1. The molecule has 0 atom stereocenters. The van der Waals surface area contributed by atoms with Crippen LogP contribution in [0.3, 0.4) is 0 Å². The summed E-state index contributed by atoms with van der Waals surface area (Å²) in [5.41, 5.74) is 2.22. The lowest BCUT2D eigenvalue weighted by molar-refractivity contribution is -0.115. The maximum absolute atomic E-state index is 12.2. The van der Waals surface area contributed by atoms with Crippen molar-refractivity contribution in [2.24, 2.45) is 0 Å². The minimum atomic E-state index is -0.121. The first-order valence-corrected chi connectivity index (χ1v) is 8.94. The Kier molecular flexibility index (Phi) is 6.34. The van der Waals surface area contributed by atoms with E-state index in [1.807, 2.05) is 24.3 Å². The minimum Gasteiger partial charge on any atom is -0.497 e. The van der Waals surface area contributed by atoms with Crippen molar-refractivity contribution in [3.63, 3.8) is 0 Å². The van der Waals surface area contributed by atoms with Crippen LogP contribution in [0.4, 0.5) is 17.2 Å². The number of hydrogen-bond donors (Lipinski definition) is 2. The van der Waals surface area contributed by atoms with Crippen molar-refractivity contribution in [2.75, 3.05) is 24.9 Å². The van der Waals surface area contributed by atoms with E-state index in [1.54, 1.807) is 50.7 Å². The standard InChI is InChI=1S/C21H20ClN3O3/c1-27-17-7-3-14(4-8-17)11-21(26)24-16-6-10-20(23-13-16)25-18-12-15(22)5-9-19(18)28-2/h3-10,12-13H,11H2,1-2H3,(H,23,25)(H,24,26). The normalized spacial score (nSPS) is 10.2. The molecule has 7 heteroatoms. The van der Waals surface area contributed by atoms with Crippen LogP contribution in [0.2, 0.25) is 5.02 Å². The lowest BCUT2D eigenvalue weighted by Gasteiger charge is -2.11. The Morgan fingerprint density at radius 3 is 2.46 bits per heavy atom. The van der Waals surface area contributed by atoms with E-state index in [1.165, 1.54) is 0 Å². The van der Waals surface area contributed by atoms with Crippen LogP contribution >= 0.6 is 11.6 Å². The molecule has 0 saturated carbocycles. The number of carbonyl (C=O) groups is 1. The van der Waals surface area contributed by atoms with Gasteiger partial charge >= 0.3 is 0 Å². The van der Waals surface area contributed by atoms with E-state index in [0.29, 0.717) is 28.0 Å². The zero-order chi connectivity index (χ0) is 19.9. The van der Waals surface area contributed by atoms with Gasteiger partial charge in [-0.15, -0.1) is 0 Å². The van der Waals surface area contributed by atoms with Crippen molar-refractivity contribution in [3.05, 3.63) is 71.4 Å². The number of aromatic nitrogens is 1. The van der Waals surface area contributed by atoms with Gasteiger partial charge in [0.15, 0.2) is 0 Å². The van der Waals surface area contributed by atoms with Gasteiger partial charge < -0.3 is 20.1 Å². The summed E-state index contributed by atoms with van der Waals surface area (Å²) >= 11 is 6.04. The van der Waals surface area contributed by atoms with E-state index >= 15 is 0 Å². The fourth-order valence-corrected chi connectivity index (χ4v) is 2.76. The third-order valence-electron chi connectivity index (χ3n) is 4.00. The minimum absolute atomic E-state index is 0.121. The molecular formula is C21H20ClN3O3. The molecule has 0 aliphatic rings. The van der Waals surface area contributed by atoms with Crippen molar-refractivity contribution in [1.29, 1.82) is 0 Å². The maximum Gasteiger partial charge on any atom is 0.228 e. The van der Waals surface area contributed by atoms with Gasteiger partial charge in [0.25, 0.3) is 0 Å². The second-order valence-electron chi connectivity index (χ2n) is 5.97. The van der Waals surface area contributed by atoms with Crippen LogP contribution in [-0.4, -0.2) is 25.1 Å². The highest BCUT2D eigenvalue weighted by Gasteiger charge is 2.07. The highest BCUT2D eigenvalue weighted by Crippen LogP contribution is 2.30. The summed E-state index contributed by atoms with van der Waals surface area (Å²) < 4.78 is 10.4. The fourth-order valence-electron chi connectivity index (χ4n) is 2.59.